The maximum Gasteiger partial charge on any atom is 0.255 e. The lowest BCUT2D eigenvalue weighted by atomic mass is 9.97. The smallest absolute Gasteiger partial charge is 0.255 e. The van der Waals surface area contributed by atoms with Gasteiger partial charge in [0, 0.05) is 30.4 Å². The molecule has 1 aromatic carbocycles. The molecule has 26 heavy (non-hydrogen) atoms. The first-order chi connectivity index (χ1) is 12.6. The SMILES string of the molecule is CNCC1CCCN(C(=O)c2ccc(=O)n(Cc3ccccc3Cl)c2)C1. The molecule has 1 amide bonds. The summed E-state index contributed by atoms with van der Waals surface area (Å²) in [6.07, 6.45) is 3.80. The molecule has 138 valence electrons. The minimum atomic E-state index is -0.145. The van der Waals surface area contributed by atoms with E-state index in [4.69, 9.17) is 11.6 Å². The van der Waals surface area contributed by atoms with Crippen molar-refractivity contribution in [1.29, 1.82) is 0 Å². The summed E-state index contributed by atoms with van der Waals surface area (Å²) in [5, 5.41) is 3.80. The van der Waals surface area contributed by atoms with Gasteiger partial charge < -0.3 is 14.8 Å². The van der Waals surface area contributed by atoms with E-state index in [1.54, 1.807) is 22.9 Å². The van der Waals surface area contributed by atoms with E-state index >= 15 is 0 Å². The number of carbonyl (C=O) groups is 1. The molecular formula is C20H24ClN3O2. The maximum atomic E-state index is 12.9. The lowest BCUT2D eigenvalue weighted by Crippen LogP contribution is -2.42. The Bertz CT molecular complexity index is 832. The second-order valence-electron chi connectivity index (χ2n) is 6.79. The van der Waals surface area contributed by atoms with E-state index in [9.17, 15) is 9.59 Å². The second-order valence-corrected chi connectivity index (χ2v) is 7.20. The third kappa shape index (κ3) is 4.34. The summed E-state index contributed by atoms with van der Waals surface area (Å²) >= 11 is 6.20. The van der Waals surface area contributed by atoms with Crippen LogP contribution in [0.3, 0.4) is 0 Å². The Morgan fingerprint density at radius 2 is 2.08 bits per heavy atom. The van der Waals surface area contributed by atoms with Gasteiger partial charge in [0.05, 0.1) is 12.1 Å². The van der Waals surface area contributed by atoms with E-state index < -0.39 is 0 Å². The van der Waals surface area contributed by atoms with Crippen LogP contribution in [0, 0.1) is 5.92 Å². The first-order valence-electron chi connectivity index (χ1n) is 8.96. The van der Waals surface area contributed by atoms with Crippen LogP contribution in [0.4, 0.5) is 0 Å². The fourth-order valence-corrected chi connectivity index (χ4v) is 3.67. The van der Waals surface area contributed by atoms with Crippen molar-refractivity contribution in [2.24, 2.45) is 5.92 Å². The number of nitrogens with one attached hydrogen (secondary N) is 1. The van der Waals surface area contributed by atoms with Crippen LogP contribution in [-0.2, 0) is 6.54 Å². The molecule has 0 spiro atoms. The molecule has 0 saturated carbocycles. The van der Waals surface area contributed by atoms with Crippen molar-refractivity contribution in [3.8, 4) is 0 Å². The summed E-state index contributed by atoms with van der Waals surface area (Å²) in [6.45, 7) is 2.78. The molecule has 1 saturated heterocycles. The summed E-state index contributed by atoms with van der Waals surface area (Å²) in [7, 11) is 1.94. The largest absolute Gasteiger partial charge is 0.338 e. The molecule has 1 N–H and O–H groups in total. The molecule has 1 fully saturated rings. The molecule has 2 heterocycles. The Kier molecular flexibility index (Phi) is 6.12. The van der Waals surface area contributed by atoms with Crippen LogP contribution in [0.2, 0.25) is 5.02 Å². The van der Waals surface area contributed by atoms with Crippen LogP contribution in [-0.4, -0.2) is 42.1 Å². The summed E-state index contributed by atoms with van der Waals surface area (Å²) in [6, 6.07) is 10.5. The number of amides is 1. The van der Waals surface area contributed by atoms with E-state index in [0.717, 1.165) is 38.0 Å². The molecule has 1 aliphatic rings. The number of pyridine rings is 1. The van der Waals surface area contributed by atoms with Gasteiger partial charge in [-0.3, -0.25) is 9.59 Å². The first-order valence-corrected chi connectivity index (χ1v) is 9.34. The Morgan fingerprint density at radius 3 is 2.85 bits per heavy atom. The Morgan fingerprint density at radius 1 is 1.27 bits per heavy atom. The highest BCUT2D eigenvalue weighted by Crippen LogP contribution is 2.19. The molecule has 5 nitrogen and oxygen atoms in total. The van der Waals surface area contributed by atoms with E-state index in [1.807, 2.05) is 30.1 Å². The highest BCUT2D eigenvalue weighted by Gasteiger charge is 2.24. The number of aromatic nitrogens is 1. The van der Waals surface area contributed by atoms with Crippen molar-refractivity contribution in [3.05, 3.63) is 69.1 Å². The lowest BCUT2D eigenvalue weighted by Gasteiger charge is -2.32. The number of carbonyl (C=O) groups excluding carboxylic acids is 1. The number of hydrogen-bond acceptors (Lipinski definition) is 3. The van der Waals surface area contributed by atoms with E-state index in [0.29, 0.717) is 23.0 Å². The molecule has 6 heteroatoms. The van der Waals surface area contributed by atoms with E-state index in [-0.39, 0.29) is 11.5 Å². The minimum Gasteiger partial charge on any atom is -0.338 e. The van der Waals surface area contributed by atoms with Crippen molar-refractivity contribution >= 4 is 17.5 Å². The number of benzene rings is 1. The molecule has 1 unspecified atom stereocenters. The first kappa shape index (κ1) is 18.7. The third-order valence-corrected chi connectivity index (χ3v) is 5.20. The van der Waals surface area contributed by atoms with Gasteiger partial charge in [-0.05, 0) is 50.0 Å². The summed E-state index contributed by atoms with van der Waals surface area (Å²) < 4.78 is 1.55. The average Bonchev–Trinajstić information content (AvgIpc) is 2.65. The number of likely N-dealkylation sites (tertiary alicyclic amines) is 1. The van der Waals surface area contributed by atoms with Crippen LogP contribution in [0.15, 0.2) is 47.4 Å². The van der Waals surface area contributed by atoms with Crippen LogP contribution < -0.4 is 10.9 Å². The van der Waals surface area contributed by atoms with Crippen LogP contribution in [0.1, 0.15) is 28.8 Å². The minimum absolute atomic E-state index is 0.0151. The number of rotatable bonds is 5. The summed E-state index contributed by atoms with van der Waals surface area (Å²) in [5.74, 6) is 0.463. The second kappa shape index (κ2) is 8.52. The number of halogens is 1. The zero-order valence-electron chi connectivity index (χ0n) is 15.0. The van der Waals surface area contributed by atoms with Gasteiger partial charge in [-0.15, -0.1) is 0 Å². The molecule has 0 aliphatic carbocycles. The number of piperidine rings is 1. The Labute approximate surface area is 158 Å². The monoisotopic (exact) mass is 373 g/mol. The quantitative estimate of drug-likeness (QED) is 0.876. The predicted octanol–water partition coefficient (Wildman–Crippen LogP) is 2.62. The van der Waals surface area contributed by atoms with Crippen molar-refractivity contribution < 1.29 is 4.79 Å². The molecule has 0 bridgehead atoms. The zero-order valence-corrected chi connectivity index (χ0v) is 15.7. The Hall–Kier alpha value is -2.11. The molecule has 3 rings (SSSR count). The maximum absolute atomic E-state index is 12.9. The standard InChI is InChI=1S/C20H24ClN3O2/c1-22-11-15-5-4-10-23(12-15)20(26)17-8-9-19(25)24(14-17)13-16-6-2-3-7-18(16)21/h2-3,6-9,14-15,22H,4-5,10-13H2,1H3. The van der Waals surface area contributed by atoms with Gasteiger partial charge in [-0.25, -0.2) is 0 Å². The lowest BCUT2D eigenvalue weighted by molar-refractivity contribution is 0.0673. The van der Waals surface area contributed by atoms with Gasteiger partial charge in [-0.1, -0.05) is 29.8 Å². The Balaban J connectivity index is 1.79. The van der Waals surface area contributed by atoms with Gasteiger partial charge >= 0.3 is 0 Å². The van der Waals surface area contributed by atoms with Crippen LogP contribution in [0.5, 0.6) is 0 Å². The molecule has 1 aromatic heterocycles. The van der Waals surface area contributed by atoms with Gasteiger partial charge in [0.25, 0.3) is 11.5 Å². The molecule has 0 radical (unpaired) electrons. The normalized spacial score (nSPS) is 17.3. The van der Waals surface area contributed by atoms with Crippen molar-refractivity contribution in [2.45, 2.75) is 19.4 Å². The third-order valence-electron chi connectivity index (χ3n) is 4.83. The van der Waals surface area contributed by atoms with E-state index in [1.165, 1.54) is 6.07 Å². The van der Waals surface area contributed by atoms with E-state index in [2.05, 4.69) is 5.32 Å². The van der Waals surface area contributed by atoms with Crippen LogP contribution >= 0.6 is 11.6 Å². The molecular weight excluding hydrogens is 350 g/mol. The fourth-order valence-electron chi connectivity index (χ4n) is 3.48. The highest BCUT2D eigenvalue weighted by atomic mass is 35.5. The van der Waals surface area contributed by atoms with Gasteiger partial charge in [-0.2, -0.15) is 0 Å². The van der Waals surface area contributed by atoms with Gasteiger partial charge in [0.2, 0.25) is 0 Å². The number of nitrogens with zero attached hydrogens (tertiary/aromatic N) is 2. The predicted molar refractivity (Wildman–Crippen MR) is 104 cm³/mol. The number of hydrogen-bond donors (Lipinski definition) is 1. The van der Waals surface area contributed by atoms with Crippen molar-refractivity contribution in [1.82, 2.24) is 14.8 Å². The van der Waals surface area contributed by atoms with Gasteiger partial charge in [0.1, 0.15) is 0 Å². The average molecular weight is 374 g/mol. The summed E-state index contributed by atoms with van der Waals surface area (Å²) in [4.78, 5) is 27.0. The molecule has 2 aromatic rings. The topological polar surface area (TPSA) is 54.3 Å². The van der Waals surface area contributed by atoms with Crippen molar-refractivity contribution in [3.63, 3.8) is 0 Å². The molecule has 1 atom stereocenters. The fraction of sp³-hybridized carbons (Fsp3) is 0.400. The highest BCUT2D eigenvalue weighted by molar-refractivity contribution is 6.31. The summed E-state index contributed by atoms with van der Waals surface area (Å²) in [5.41, 5.74) is 1.25. The van der Waals surface area contributed by atoms with Gasteiger partial charge in [0.15, 0.2) is 0 Å². The zero-order chi connectivity index (χ0) is 18.5. The molecule has 1 aliphatic heterocycles. The van der Waals surface area contributed by atoms with Crippen molar-refractivity contribution in [2.75, 3.05) is 26.7 Å². The van der Waals surface area contributed by atoms with Crippen LogP contribution in [0.25, 0.3) is 0 Å².